The number of carbonyl (C=O) groups is 1. The fourth-order valence-electron chi connectivity index (χ4n) is 1.27. The van der Waals surface area contributed by atoms with Crippen molar-refractivity contribution >= 4 is 28.7 Å². The molecule has 17 heavy (non-hydrogen) atoms. The summed E-state index contributed by atoms with van der Waals surface area (Å²) in [6, 6.07) is 0. The van der Waals surface area contributed by atoms with Gasteiger partial charge in [-0.15, -0.1) is 0 Å². The number of aryl methyl sites for hydroxylation is 1. The van der Waals surface area contributed by atoms with Crippen LogP contribution in [0.1, 0.15) is 26.5 Å². The molecule has 0 spiro atoms. The van der Waals surface area contributed by atoms with E-state index in [0.717, 1.165) is 9.26 Å². The number of hydrogen-bond acceptors (Lipinski definition) is 3. The van der Waals surface area contributed by atoms with Gasteiger partial charge in [-0.2, -0.15) is 5.10 Å². The van der Waals surface area contributed by atoms with Crippen LogP contribution in [0.4, 0.5) is 4.79 Å². The maximum absolute atomic E-state index is 11.4. The van der Waals surface area contributed by atoms with E-state index in [2.05, 4.69) is 33.0 Å². The Balaban J connectivity index is 2.33. The number of nitrogens with zero attached hydrogens (tertiary/aromatic N) is 2. The summed E-state index contributed by atoms with van der Waals surface area (Å²) in [7, 11) is 1.88. The Labute approximate surface area is 115 Å². The second-order valence-electron chi connectivity index (χ2n) is 4.78. The van der Waals surface area contributed by atoms with Crippen LogP contribution in [0, 0.1) is 3.57 Å². The average molecular weight is 351 g/mol. The van der Waals surface area contributed by atoms with Crippen molar-refractivity contribution in [2.45, 2.75) is 32.8 Å². The molecule has 0 aromatic carbocycles. The molecule has 5 nitrogen and oxygen atoms in total. The number of aromatic nitrogens is 2. The Bertz CT molecular complexity index is 396. The molecule has 0 atom stereocenters. The summed E-state index contributed by atoms with van der Waals surface area (Å²) in [5, 5.41) is 7.01. The minimum Gasteiger partial charge on any atom is -0.444 e. The summed E-state index contributed by atoms with van der Waals surface area (Å²) in [6.07, 6.45) is 2.27. The van der Waals surface area contributed by atoms with Gasteiger partial charge in [0, 0.05) is 26.2 Å². The molecule has 1 rings (SSSR count). The van der Waals surface area contributed by atoms with Crippen LogP contribution in [0.2, 0.25) is 0 Å². The monoisotopic (exact) mass is 351 g/mol. The van der Waals surface area contributed by atoms with E-state index in [9.17, 15) is 4.79 Å². The minimum absolute atomic E-state index is 0.386. The zero-order valence-electron chi connectivity index (χ0n) is 10.6. The van der Waals surface area contributed by atoms with Gasteiger partial charge >= 0.3 is 6.09 Å². The van der Waals surface area contributed by atoms with Crippen molar-refractivity contribution in [1.82, 2.24) is 15.1 Å². The third-order valence-electron chi connectivity index (χ3n) is 1.88. The van der Waals surface area contributed by atoms with Gasteiger partial charge in [-0.25, -0.2) is 4.79 Å². The molecule has 0 aliphatic heterocycles. The molecule has 1 aromatic heterocycles. The normalized spacial score (nSPS) is 11.4. The molecular formula is C11H18IN3O2. The molecule has 0 radical (unpaired) electrons. The molecule has 0 saturated heterocycles. The first-order chi connectivity index (χ1) is 7.78. The Morgan fingerprint density at radius 1 is 1.59 bits per heavy atom. The smallest absolute Gasteiger partial charge is 0.407 e. The molecule has 0 unspecified atom stereocenters. The maximum atomic E-state index is 11.4. The van der Waals surface area contributed by atoms with E-state index in [4.69, 9.17) is 4.74 Å². The minimum atomic E-state index is -0.455. The molecule has 0 saturated carbocycles. The van der Waals surface area contributed by atoms with Crippen molar-refractivity contribution in [3.63, 3.8) is 0 Å². The summed E-state index contributed by atoms with van der Waals surface area (Å²) < 4.78 is 8.01. The van der Waals surface area contributed by atoms with Gasteiger partial charge in [0.15, 0.2) is 0 Å². The lowest BCUT2D eigenvalue weighted by Crippen LogP contribution is -2.33. The van der Waals surface area contributed by atoms with Gasteiger partial charge < -0.3 is 10.1 Å². The highest BCUT2D eigenvalue weighted by molar-refractivity contribution is 14.1. The van der Waals surface area contributed by atoms with Crippen LogP contribution in [0.5, 0.6) is 0 Å². The standard InChI is InChI=1S/C11H18IN3O2/c1-11(2,3)17-10(16)13-6-5-9-8(12)7-15(4)14-9/h7H,5-6H2,1-4H3,(H,13,16). The molecule has 0 fully saturated rings. The maximum Gasteiger partial charge on any atom is 0.407 e. The van der Waals surface area contributed by atoms with Gasteiger partial charge in [-0.05, 0) is 43.4 Å². The quantitative estimate of drug-likeness (QED) is 0.849. The summed E-state index contributed by atoms with van der Waals surface area (Å²) >= 11 is 2.23. The molecule has 6 heteroatoms. The van der Waals surface area contributed by atoms with Crippen LogP contribution in [0.25, 0.3) is 0 Å². The topological polar surface area (TPSA) is 56.2 Å². The SMILES string of the molecule is Cn1cc(I)c(CCNC(=O)OC(C)(C)C)n1. The van der Waals surface area contributed by atoms with Crippen molar-refractivity contribution < 1.29 is 9.53 Å². The third kappa shape index (κ3) is 5.38. The second-order valence-corrected chi connectivity index (χ2v) is 5.94. The Kier molecular flexibility index (Phi) is 4.79. The predicted molar refractivity (Wildman–Crippen MR) is 73.9 cm³/mol. The van der Waals surface area contributed by atoms with Crippen LogP contribution in [-0.2, 0) is 18.2 Å². The zero-order valence-corrected chi connectivity index (χ0v) is 12.7. The lowest BCUT2D eigenvalue weighted by Gasteiger charge is -2.19. The van der Waals surface area contributed by atoms with Gasteiger partial charge in [0.05, 0.1) is 9.26 Å². The van der Waals surface area contributed by atoms with Crippen molar-refractivity contribution in [3.05, 3.63) is 15.5 Å². The van der Waals surface area contributed by atoms with Gasteiger partial charge in [0.2, 0.25) is 0 Å². The van der Waals surface area contributed by atoms with E-state index < -0.39 is 5.60 Å². The number of ether oxygens (including phenoxy) is 1. The first kappa shape index (κ1) is 14.3. The molecule has 1 N–H and O–H groups in total. The predicted octanol–water partition coefficient (Wildman–Crippen LogP) is 2.09. The molecule has 0 aliphatic carbocycles. The first-order valence-electron chi connectivity index (χ1n) is 5.43. The lowest BCUT2D eigenvalue weighted by molar-refractivity contribution is 0.0528. The fraction of sp³-hybridized carbons (Fsp3) is 0.636. The summed E-state index contributed by atoms with van der Waals surface area (Å²) in [5.74, 6) is 0. The van der Waals surface area contributed by atoms with Crippen LogP contribution < -0.4 is 5.32 Å². The lowest BCUT2D eigenvalue weighted by atomic mass is 10.2. The number of hydrogen-bond donors (Lipinski definition) is 1. The van der Waals surface area contributed by atoms with Crippen LogP contribution in [-0.4, -0.2) is 28.0 Å². The van der Waals surface area contributed by atoms with E-state index in [0.29, 0.717) is 13.0 Å². The highest BCUT2D eigenvalue weighted by atomic mass is 127. The van der Waals surface area contributed by atoms with Crippen LogP contribution >= 0.6 is 22.6 Å². The molecule has 0 bridgehead atoms. The molecule has 1 heterocycles. The van der Waals surface area contributed by atoms with Crippen molar-refractivity contribution in [3.8, 4) is 0 Å². The third-order valence-corrected chi connectivity index (χ3v) is 2.79. The number of amides is 1. The largest absolute Gasteiger partial charge is 0.444 e. The summed E-state index contributed by atoms with van der Waals surface area (Å²) in [5.41, 5.74) is 0.535. The van der Waals surface area contributed by atoms with Gasteiger partial charge in [-0.3, -0.25) is 4.68 Å². The molecule has 1 aromatic rings. The van der Waals surface area contributed by atoms with Gasteiger partial charge in [-0.1, -0.05) is 0 Å². The van der Waals surface area contributed by atoms with Crippen molar-refractivity contribution in [1.29, 1.82) is 0 Å². The Morgan fingerprint density at radius 2 is 2.24 bits per heavy atom. The van der Waals surface area contributed by atoms with Crippen molar-refractivity contribution in [2.24, 2.45) is 7.05 Å². The number of rotatable bonds is 3. The summed E-state index contributed by atoms with van der Waals surface area (Å²) in [4.78, 5) is 11.4. The van der Waals surface area contributed by atoms with Crippen LogP contribution in [0.15, 0.2) is 6.20 Å². The average Bonchev–Trinajstić information content (AvgIpc) is 2.42. The second kappa shape index (κ2) is 5.70. The number of alkyl carbamates (subject to hydrolysis) is 1. The highest BCUT2D eigenvalue weighted by Gasteiger charge is 2.15. The fourth-order valence-corrected chi connectivity index (χ4v) is 2.05. The van der Waals surface area contributed by atoms with E-state index in [1.807, 2.05) is 34.0 Å². The van der Waals surface area contributed by atoms with Crippen molar-refractivity contribution in [2.75, 3.05) is 6.54 Å². The molecule has 96 valence electrons. The van der Waals surface area contributed by atoms with E-state index in [-0.39, 0.29) is 6.09 Å². The van der Waals surface area contributed by atoms with E-state index in [1.54, 1.807) is 4.68 Å². The van der Waals surface area contributed by atoms with Gasteiger partial charge in [0.1, 0.15) is 5.60 Å². The number of nitrogens with one attached hydrogen (secondary N) is 1. The molecular weight excluding hydrogens is 333 g/mol. The zero-order chi connectivity index (χ0) is 13.1. The Hall–Kier alpha value is -0.790. The first-order valence-corrected chi connectivity index (χ1v) is 6.50. The Morgan fingerprint density at radius 3 is 2.71 bits per heavy atom. The van der Waals surface area contributed by atoms with E-state index >= 15 is 0 Å². The molecule has 0 aliphatic rings. The summed E-state index contributed by atoms with van der Waals surface area (Å²) in [6.45, 7) is 6.05. The van der Waals surface area contributed by atoms with Gasteiger partial charge in [0.25, 0.3) is 0 Å². The molecule has 1 amide bonds. The number of carbonyl (C=O) groups excluding carboxylic acids is 1. The number of halogens is 1. The van der Waals surface area contributed by atoms with E-state index in [1.165, 1.54) is 0 Å². The van der Waals surface area contributed by atoms with Crippen LogP contribution in [0.3, 0.4) is 0 Å². The highest BCUT2D eigenvalue weighted by Crippen LogP contribution is 2.10.